The molecule has 1 aliphatic rings. The molecule has 26 heavy (non-hydrogen) atoms. The molecular formula is C14H12F6N2O2S2. The number of carbonyl (C=O) groups is 1. The Labute approximate surface area is 151 Å². The van der Waals surface area contributed by atoms with E-state index in [1.54, 1.807) is 0 Å². The van der Waals surface area contributed by atoms with Crippen molar-refractivity contribution in [1.29, 1.82) is 0 Å². The third-order valence-electron chi connectivity index (χ3n) is 3.18. The number of carbonyl (C=O) groups excluding carboxylic acids is 1. The molecule has 0 N–H and O–H groups in total. The molecule has 1 saturated heterocycles. The topological polar surface area (TPSA) is 49.7 Å². The summed E-state index contributed by atoms with van der Waals surface area (Å²) in [6.07, 6.45) is -7.51. The molecule has 0 aliphatic carbocycles. The van der Waals surface area contributed by atoms with Gasteiger partial charge in [-0.25, -0.2) is 18.2 Å². The quantitative estimate of drug-likeness (QED) is 0.687. The third kappa shape index (κ3) is 5.22. The van der Waals surface area contributed by atoms with Gasteiger partial charge < -0.3 is 0 Å². The van der Waals surface area contributed by atoms with Crippen LogP contribution in [-0.2, 0) is 15.6 Å². The van der Waals surface area contributed by atoms with E-state index in [4.69, 9.17) is 0 Å². The standard InChI is InChI=1S/C14H12F6N2O2S2/c1-7-2-8(15)9(3-10(7)26(24)6-14(18,19)20)21-13-22(4-11(16)17)12(23)5-25-13/h2-3,11H,4-6H2,1H3. The van der Waals surface area contributed by atoms with Gasteiger partial charge in [-0.3, -0.25) is 13.9 Å². The lowest BCUT2D eigenvalue weighted by Gasteiger charge is -2.15. The highest BCUT2D eigenvalue weighted by molar-refractivity contribution is 8.15. The highest BCUT2D eigenvalue weighted by atomic mass is 32.2. The summed E-state index contributed by atoms with van der Waals surface area (Å²) in [4.78, 5) is 15.8. The lowest BCUT2D eigenvalue weighted by molar-refractivity contribution is -0.125. The van der Waals surface area contributed by atoms with Crippen LogP contribution >= 0.6 is 11.8 Å². The normalized spacial score (nSPS) is 18.2. The van der Waals surface area contributed by atoms with Crippen molar-refractivity contribution in [2.75, 3.05) is 18.1 Å². The van der Waals surface area contributed by atoms with Crippen LogP contribution in [0.3, 0.4) is 0 Å². The molecule has 1 heterocycles. The predicted molar refractivity (Wildman–Crippen MR) is 85.7 cm³/mol. The highest BCUT2D eigenvalue weighted by Gasteiger charge is 2.33. The maximum atomic E-state index is 14.1. The number of alkyl halides is 5. The Morgan fingerprint density at radius 2 is 2.00 bits per heavy atom. The zero-order valence-electron chi connectivity index (χ0n) is 13.1. The van der Waals surface area contributed by atoms with Crippen molar-refractivity contribution in [3.63, 3.8) is 0 Å². The van der Waals surface area contributed by atoms with E-state index in [1.807, 2.05) is 0 Å². The Hall–Kier alpha value is -1.56. The molecule has 1 aromatic rings. The van der Waals surface area contributed by atoms with Gasteiger partial charge in [-0.2, -0.15) is 13.2 Å². The molecule has 1 atom stereocenters. The Kier molecular flexibility index (Phi) is 6.37. The smallest absolute Gasteiger partial charge is 0.285 e. The summed E-state index contributed by atoms with van der Waals surface area (Å²) < 4.78 is 88.4. The van der Waals surface area contributed by atoms with Crippen LogP contribution in [0, 0.1) is 12.7 Å². The van der Waals surface area contributed by atoms with Gasteiger partial charge in [-0.1, -0.05) is 11.8 Å². The van der Waals surface area contributed by atoms with Crippen LogP contribution in [0.25, 0.3) is 0 Å². The predicted octanol–water partition coefficient (Wildman–Crippen LogP) is 3.63. The first-order chi connectivity index (χ1) is 12.0. The molecule has 1 aliphatic heterocycles. The van der Waals surface area contributed by atoms with Crippen LogP contribution in [0.5, 0.6) is 0 Å². The highest BCUT2D eigenvalue weighted by Crippen LogP contribution is 2.30. The van der Waals surface area contributed by atoms with Gasteiger partial charge in [0.2, 0.25) is 5.91 Å². The zero-order chi connectivity index (χ0) is 19.6. The molecule has 4 nitrogen and oxygen atoms in total. The molecule has 1 fully saturated rings. The molecule has 1 unspecified atom stereocenters. The van der Waals surface area contributed by atoms with Crippen molar-refractivity contribution >= 4 is 39.3 Å². The fraction of sp³-hybridized carbons (Fsp3) is 0.429. The number of aliphatic imine (C=N–C) groups is 1. The summed E-state index contributed by atoms with van der Waals surface area (Å²) in [5.74, 6) is -3.34. The van der Waals surface area contributed by atoms with E-state index in [1.165, 1.54) is 6.92 Å². The van der Waals surface area contributed by atoms with Crippen LogP contribution in [-0.4, -0.2) is 50.8 Å². The van der Waals surface area contributed by atoms with Crippen molar-refractivity contribution < 1.29 is 35.3 Å². The second-order valence-corrected chi connectivity index (χ2v) is 7.61. The molecule has 0 bridgehead atoms. The van der Waals surface area contributed by atoms with Crippen molar-refractivity contribution in [2.45, 2.75) is 24.4 Å². The minimum Gasteiger partial charge on any atom is -0.285 e. The minimum absolute atomic E-state index is 0.0358. The number of hydrogen-bond donors (Lipinski definition) is 0. The monoisotopic (exact) mass is 418 g/mol. The van der Waals surface area contributed by atoms with Gasteiger partial charge >= 0.3 is 6.18 Å². The maximum absolute atomic E-state index is 14.1. The Morgan fingerprint density at radius 3 is 2.58 bits per heavy atom. The number of thioether (sulfide) groups is 1. The van der Waals surface area contributed by atoms with Crippen LogP contribution < -0.4 is 0 Å². The third-order valence-corrected chi connectivity index (χ3v) is 5.66. The summed E-state index contributed by atoms with van der Waals surface area (Å²) >= 11 is 0.803. The largest absolute Gasteiger partial charge is 0.400 e. The Bertz CT molecular complexity index is 767. The summed E-state index contributed by atoms with van der Waals surface area (Å²) in [5.41, 5.74) is -0.439. The number of amides is 1. The average Bonchev–Trinajstić information content (AvgIpc) is 2.80. The van der Waals surface area contributed by atoms with E-state index >= 15 is 0 Å². The van der Waals surface area contributed by atoms with Gasteiger partial charge in [0.05, 0.1) is 23.1 Å². The molecule has 1 amide bonds. The van der Waals surface area contributed by atoms with Crippen LogP contribution in [0.1, 0.15) is 5.56 Å². The van der Waals surface area contributed by atoms with Crippen LogP contribution in [0.4, 0.5) is 32.0 Å². The number of nitrogens with zero attached hydrogens (tertiary/aromatic N) is 2. The molecule has 12 heteroatoms. The van der Waals surface area contributed by atoms with Gasteiger partial charge in [0.1, 0.15) is 17.3 Å². The van der Waals surface area contributed by atoms with E-state index in [-0.39, 0.29) is 21.4 Å². The first-order valence-corrected chi connectivity index (χ1v) is 9.33. The second-order valence-electron chi connectivity index (χ2n) is 5.25. The molecule has 144 valence electrons. The van der Waals surface area contributed by atoms with Gasteiger partial charge in [-0.15, -0.1) is 0 Å². The first-order valence-electron chi connectivity index (χ1n) is 7.03. The van der Waals surface area contributed by atoms with Crippen molar-refractivity contribution in [3.05, 3.63) is 23.5 Å². The minimum atomic E-state index is -4.68. The Morgan fingerprint density at radius 1 is 1.35 bits per heavy atom. The number of hydrogen-bond acceptors (Lipinski definition) is 4. The van der Waals surface area contributed by atoms with E-state index < -0.39 is 53.1 Å². The van der Waals surface area contributed by atoms with Crippen molar-refractivity contribution in [1.82, 2.24) is 4.90 Å². The molecule has 1 aromatic carbocycles. The Balaban J connectivity index is 2.39. The average molecular weight is 418 g/mol. The van der Waals surface area contributed by atoms with Gasteiger partial charge in [0.25, 0.3) is 6.43 Å². The molecule has 0 saturated carbocycles. The van der Waals surface area contributed by atoms with E-state index in [0.717, 1.165) is 23.9 Å². The summed E-state index contributed by atoms with van der Waals surface area (Å²) in [5, 5.41) is -0.189. The molecule has 2 rings (SSSR count). The van der Waals surface area contributed by atoms with Gasteiger partial charge in [0, 0.05) is 4.90 Å². The van der Waals surface area contributed by atoms with Crippen molar-refractivity contribution in [2.24, 2.45) is 4.99 Å². The van der Waals surface area contributed by atoms with E-state index in [9.17, 15) is 35.3 Å². The summed E-state index contributed by atoms with van der Waals surface area (Å²) in [6, 6.07) is 1.74. The van der Waals surface area contributed by atoms with E-state index in [2.05, 4.69) is 4.99 Å². The van der Waals surface area contributed by atoms with Crippen LogP contribution in [0.2, 0.25) is 0 Å². The lowest BCUT2D eigenvalue weighted by atomic mass is 10.2. The molecule has 0 radical (unpaired) electrons. The molecule has 0 aromatic heterocycles. The molecular weight excluding hydrogens is 406 g/mol. The van der Waals surface area contributed by atoms with Gasteiger partial charge in [0.15, 0.2) is 5.17 Å². The second kappa shape index (κ2) is 7.99. The van der Waals surface area contributed by atoms with Crippen LogP contribution in [0.15, 0.2) is 22.0 Å². The van der Waals surface area contributed by atoms with Gasteiger partial charge in [-0.05, 0) is 24.6 Å². The van der Waals surface area contributed by atoms with Crippen molar-refractivity contribution in [3.8, 4) is 0 Å². The maximum Gasteiger partial charge on any atom is 0.400 e. The van der Waals surface area contributed by atoms with E-state index in [0.29, 0.717) is 4.90 Å². The lowest BCUT2D eigenvalue weighted by Crippen LogP contribution is -2.33. The summed E-state index contributed by atoms with van der Waals surface area (Å²) in [6.45, 7) is 0.367. The number of aryl methyl sites for hydroxylation is 1. The fourth-order valence-electron chi connectivity index (χ4n) is 2.10. The zero-order valence-corrected chi connectivity index (χ0v) is 14.8. The first kappa shape index (κ1) is 20.7. The summed E-state index contributed by atoms with van der Waals surface area (Å²) in [7, 11) is -2.48. The number of amidine groups is 1. The fourth-order valence-corrected chi connectivity index (χ4v) is 4.12. The SMILES string of the molecule is Cc1cc(F)c(N=C2SCC(=O)N2CC(F)F)cc1S(=O)CC(F)(F)F. The number of rotatable bonds is 5. The molecule has 0 spiro atoms. The number of halogens is 6. The number of benzene rings is 1.